The summed E-state index contributed by atoms with van der Waals surface area (Å²) in [4.78, 5) is 15.9. The molecule has 126 valence electrons. The molecule has 2 fully saturated rings. The van der Waals surface area contributed by atoms with Gasteiger partial charge in [-0.3, -0.25) is 9.79 Å². The van der Waals surface area contributed by atoms with E-state index in [0.29, 0.717) is 6.04 Å². The van der Waals surface area contributed by atoms with Crippen molar-refractivity contribution in [3.05, 3.63) is 0 Å². The van der Waals surface area contributed by atoms with Crippen LogP contribution < -0.4 is 16.0 Å². The van der Waals surface area contributed by atoms with E-state index in [-0.39, 0.29) is 18.5 Å². The van der Waals surface area contributed by atoms with Crippen LogP contribution in [0.4, 0.5) is 0 Å². The number of hydrogen-bond donors (Lipinski definition) is 3. The Bertz CT molecular complexity index is 394. The van der Waals surface area contributed by atoms with Crippen molar-refractivity contribution in [2.24, 2.45) is 16.8 Å². The van der Waals surface area contributed by atoms with E-state index >= 15 is 0 Å². The van der Waals surface area contributed by atoms with Crippen LogP contribution in [0.2, 0.25) is 0 Å². The quantitative estimate of drug-likeness (QED) is 0.550. The maximum Gasteiger partial charge on any atom is 0.239 e. The van der Waals surface area contributed by atoms with Gasteiger partial charge in [0.2, 0.25) is 5.91 Å². The highest BCUT2D eigenvalue weighted by Crippen LogP contribution is 2.40. The van der Waals surface area contributed by atoms with E-state index in [2.05, 4.69) is 20.9 Å². The number of nitrogens with zero attached hydrogens (tertiary/aromatic N) is 1. The van der Waals surface area contributed by atoms with Crippen molar-refractivity contribution in [2.45, 2.75) is 70.9 Å². The van der Waals surface area contributed by atoms with Gasteiger partial charge in [0.15, 0.2) is 5.96 Å². The van der Waals surface area contributed by atoms with Crippen molar-refractivity contribution in [1.82, 2.24) is 16.0 Å². The molecule has 0 aromatic rings. The maximum absolute atomic E-state index is 11.7. The van der Waals surface area contributed by atoms with Gasteiger partial charge in [-0.15, -0.1) is 0 Å². The molecule has 3 unspecified atom stereocenters. The minimum absolute atomic E-state index is 0.00828. The summed E-state index contributed by atoms with van der Waals surface area (Å²) in [5.41, 5.74) is 0. The molecular formula is C17H32N4O. The minimum Gasteiger partial charge on any atom is -0.354 e. The third-order valence-electron chi connectivity index (χ3n) is 4.97. The lowest BCUT2D eigenvalue weighted by molar-refractivity contribution is -0.120. The maximum atomic E-state index is 11.7. The Balaban J connectivity index is 1.75. The van der Waals surface area contributed by atoms with Crippen LogP contribution in [0.3, 0.4) is 0 Å². The lowest BCUT2D eigenvalue weighted by Crippen LogP contribution is -2.49. The monoisotopic (exact) mass is 308 g/mol. The second-order valence-electron chi connectivity index (χ2n) is 7.11. The number of carbonyl (C=O) groups excluding carboxylic acids is 1. The first-order valence-electron chi connectivity index (χ1n) is 8.85. The zero-order valence-electron chi connectivity index (χ0n) is 14.3. The van der Waals surface area contributed by atoms with Crippen LogP contribution in [0.25, 0.3) is 0 Å². The molecular weight excluding hydrogens is 276 g/mol. The Labute approximate surface area is 134 Å². The molecule has 0 aromatic carbocycles. The van der Waals surface area contributed by atoms with Crippen molar-refractivity contribution in [1.29, 1.82) is 0 Å². The molecule has 2 saturated carbocycles. The van der Waals surface area contributed by atoms with Crippen molar-refractivity contribution in [2.75, 3.05) is 13.6 Å². The third-order valence-corrected chi connectivity index (χ3v) is 4.97. The molecule has 22 heavy (non-hydrogen) atoms. The van der Waals surface area contributed by atoms with Crippen LogP contribution in [0.15, 0.2) is 4.99 Å². The Hall–Kier alpha value is -1.26. The minimum atomic E-state index is 0.00828. The molecule has 3 N–H and O–H groups in total. The zero-order chi connectivity index (χ0) is 15.9. The summed E-state index contributed by atoms with van der Waals surface area (Å²) in [6.45, 7) is 4.21. The number of rotatable bonds is 4. The van der Waals surface area contributed by atoms with Crippen LogP contribution >= 0.6 is 0 Å². The molecule has 1 amide bonds. The van der Waals surface area contributed by atoms with Gasteiger partial charge in [-0.05, 0) is 44.9 Å². The fourth-order valence-corrected chi connectivity index (χ4v) is 3.93. The van der Waals surface area contributed by atoms with E-state index in [0.717, 1.165) is 17.8 Å². The first-order valence-corrected chi connectivity index (χ1v) is 8.85. The number of guanidine groups is 1. The highest BCUT2D eigenvalue weighted by molar-refractivity contribution is 5.86. The fourth-order valence-electron chi connectivity index (χ4n) is 3.93. The first kappa shape index (κ1) is 17.1. The average molecular weight is 308 g/mol. The van der Waals surface area contributed by atoms with Crippen molar-refractivity contribution in [3.8, 4) is 0 Å². The number of carbonyl (C=O) groups is 1. The number of fused-ring (bicyclic) bond motifs is 1. The predicted molar refractivity (Wildman–Crippen MR) is 90.9 cm³/mol. The van der Waals surface area contributed by atoms with Crippen molar-refractivity contribution >= 4 is 11.9 Å². The fraction of sp³-hybridized carbons (Fsp3) is 0.882. The summed E-state index contributed by atoms with van der Waals surface area (Å²) in [6, 6.07) is 0.671. The number of nitrogens with one attached hydrogen (secondary N) is 3. The normalized spacial score (nSPS) is 28.9. The van der Waals surface area contributed by atoms with Crippen LogP contribution in [0, 0.1) is 11.8 Å². The van der Waals surface area contributed by atoms with Crippen molar-refractivity contribution in [3.63, 3.8) is 0 Å². The van der Waals surface area contributed by atoms with E-state index in [4.69, 9.17) is 0 Å². The van der Waals surface area contributed by atoms with Crippen LogP contribution in [0.1, 0.15) is 58.8 Å². The summed E-state index contributed by atoms with van der Waals surface area (Å²) in [6.07, 6.45) is 9.46. The first-order chi connectivity index (χ1) is 10.6. The zero-order valence-corrected chi connectivity index (χ0v) is 14.3. The molecule has 5 heteroatoms. The van der Waals surface area contributed by atoms with Gasteiger partial charge in [0, 0.05) is 19.1 Å². The molecule has 0 aromatic heterocycles. The summed E-state index contributed by atoms with van der Waals surface area (Å²) >= 11 is 0. The predicted octanol–water partition coefficient (Wildman–Crippen LogP) is 2.03. The summed E-state index contributed by atoms with van der Waals surface area (Å²) in [5, 5.41) is 9.51. The van der Waals surface area contributed by atoms with Crippen LogP contribution in [0.5, 0.6) is 0 Å². The average Bonchev–Trinajstić information content (AvgIpc) is 2.50. The molecule has 5 nitrogen and oxygen atoms in total. The SMILES string of the molecule is CN=C(NCC(=O)NC(C)C)NC1CCC2CCCCC2C1. The molecule has 0 aliphatic heterocycles. The largest absolute Gasteiger partial charge is 0.354 e. The molecule has 0 heterocycles. The second-order valence-corrected chi connectivity index (χ2v) is 7.11. The van der Waals surface area contributed by atoms with E-state index in [1.165, 1.54) is 44.9 Å². The lowest BCUT2D eigenvalue weighted by atomic mass is 9.69. The summed E-state index contributed by atoms with van der Waals surface area (Å²) in [7, 11) is 1.77. The van der Waals surface area contributed by atoms with Gasteiger partial charge in [0.05, 0.1) is 6.54 Å². The van der Waals surface area contributed by atoms with Gasteiger partial charge in [-0.25, -0.2) is 0 Å². The molecule has 0 radical (unpaired) electrons. The van der Waals surface area contributed by atoms with E-state index in [1.54, 1.807) is 7.05 Å². The van der Waals surface area contributed by atoms with Crippen molar-refractivity contribution < 1.29 is 4.79 Å². The van der Waals surface area contributed by atoms with Gasteiger partial charge < -0.3 is 16.0 Å². The molecule has 0 saturated heterocycles. The molecule has 0 spiro atoms. The van der Waals surface area contributed by atoms with E-state index < -0.39 is 0 Å². The van der Waals surface area contributed by atoms with Crippen LogP contribution in [-0.2, 0) is 4.79 Å². The summed E-state index contributed by atoms with van der Waals surface area (Å²) < 4.78 is 0. The Morgan fingerprint density at radius 1 is 1.14 bits per heavy atom. The van der Waals surface area contributed by atoms with E-state index in [9.17, 15) is 4.79 Å². The number of aliphatic imine (C=N–C) groups is 1. The Kier molecular flexibility index (Phi) is 6.52. The van der Waals surface area contributed by atoms with Gasteiger partial charge in [-0.2, -0.15) is 0 Å². The molecule has 3 atom stereocenters. The topological polar surface area (TPSA) is 65.5 Å². The molecule has 2 aliphatic rings. The van der Waals surface area contributed by atoms with Crippen LogP contribution in [-0.4, -0.2) is 37.5 Å². The van der Waals surface area contributed by atoms with Gasteiger partial charge in [-0.1, -0.05) is 25.7 Å². The number of hydrogen-bond acceptors (Lipinski definition) is 2. The number of amides is 1. The third kappa shape index (κ3) is 5.18. The highest BCUT2D eigenvalue weighted by atomic mass is 16.1. The van der Waals surface area contributed by atoms with Gasteiger partial charge in [0.1, 0.15) is 0 Å². The van der Waals surface area contributed by atoms with Gasteiger partial charge >= 0.3 is 0 Å². The highest BCUT2D eigenvalue weighted by Gasteiger charge is 2.32. The molecule has 0 bridgehead atoms. The Morgan fingerprint density at radius 2 is 1.86 bits per heavy atom. The summed E-state index contributed by atoms with van der Waals surface area (Å²) in [5.74, 6) is 2.60. The smallest absolute Gasteiger partial charge is 0.239 e. The van der Waals surface area contributed by atoms with Gasteiger partial charge in [0.25, 0.3) is 0 Å². The second kappa shape index (κ2) is 8.39. The Morgan fingerprint density at radius 3 is 2.55 bits per heavy atom. The molecule has 2 aliphatic carbocycles. The van der Waals surface area contributed by atoms with E-state index in [1.807, 2.05) is 13.8 Å². The lowest BCUT2D eigenvalue weighted by Gasteiger charge is -2.39. The molecule has 2 rings (SSSR count). The standard InChI is InChI=1S/C17H32N4O/c1-12(2)20-16(22)11-19-17(18-3)21-15-9-8-13-6-4-5-7-14(13)10-15/h12-15H,4-11H2,1-3H3,(H,20,22)(H2,18,19,21).